The zero-order valence-electron chi connectivity index (χ0n) is 18.0. The van der Waals surface area contributed by atoms with E-state index in [1.807, 2.05) is 25.1 Å². The fourth-order valence-electron chi connectivity index (χ4n) is 5.30. The molecule has 2 heterocycles. The average molecular weight is 476 g/mol. The van der Waals surface area contributed by atoms with Crippen LogP contribution < -0.4 is 10.2 Å². The molecule has 3 aliphatic rings. The van der Waals surface area contributed by atoms with Crippen LogP contribution in [0.4, 0.5) is 15.8 Å². The maximum Gasteiger partial charge on any atom is 0.237 e. The highest BCUT2D eigenvalue weighted by molar-refractivity contribution is 6.42. The summed E-state index contributed by atoms with van der Waals surface area (Å²) in [6, 6.07) is 8.59. The highest BCUT2D eigenvalue weighted by Gasteiger charge is 2.58. The van der Waals surface area contributed by atoms with Gasteiger partial charge in [0.1, 0.15) is 5.82 Å². The van der Waals surface area contributed by atoms with Gasteiger partial charge in [0.05, 0.1) is 21.0 Å². The van der Waals surface area contributed by atoms with Gasteiger partial charge in [-0.25, -0.2) is 4.39 Å². The van der Waals surface area contributed by atoms with E-state index in [1.54, 1.807) is 16.8 Å². The standard InChI is InChI=1S/C24H24Cl2FN3O2/c1-3-19(31)30-11-10-24(13-30,20-17(27)7-6-16(25)21(20)26)28-14-4-5-15-18(12-14)29(2)22(32)23(15)8-9-23/h4-7,12,28H,3,8-11,13H2,1-2H3/t24-/m1/s1. The number of halogens is 3. The van der Waals surface area contributed by atoms with Crippen molar-refractivity contribution in [3.63, 3.8) is 0 Å². The van der Waals surface area contributed by atoms with Crippen molar-refractivity contribution in [2.45, 2.75) is 43.6 Å². The van der Waals surface area contributed by atoms with Crippen molar-refractivity contribution < 1.29 is 14.0 Å². The molecule has 1 atom stereocenters. The summed E-state index contributed by atoms with van der Waals surface area (Å²) in [5.41, 5.74) is 1.61. The molecule has 32 heavy (non-hydrogen) atoms. The van der Waals surface area contributed by atoms with E-state index in [1.165, 1.54) is 12.1 Å². The lowest BCUT2D eigenvalue weighted by Gasteiger charge is -2.34. The van der Waals surface area contributed by atoms with Gasteiger partial charge in [-0.15, -0.1) is 0 Å². The number of carbonyl (C=O) groups is 2. The molecular formula is C24H24Cl2FN3O2. The van der Waals surface area contributed by atoms with Crippen molar-refractivity contribution in [1.29, 1.82) is 0 Å². The first kappa shape index (κ1) is 21.5. The molecule has 2 aromatic rings. The lowest BCUT2D eigenvalue weighted by atomic mass is 9.87. The Hall–Kier alpha value is -2.31. The Morgan fingerprint density at radius 2 is 1.94 bits per heavy atom. The molecule has 1 aliphatic carbocycles. The predicted molar refractivity (Wildman–Crippen MR) is 124 cm³/mol. The second kappa shape index (κ2) is 7.35. The maximum atomic E-state index is 15.1. The third-order valence-corrected chi connectivity index (χ3v) is 7.97. The zero-order chi connectivity index (χ0) is 22.8. The van der Waals surface area contributed by atoms with Crippen LogP contribution in [0, 0.1) is 5.82 Å². The topological polar surface area (TPSA) is 52.7 Å². The van der Waals surface area contributed by atoms with Crippen molar-refractivity contribution in [3.05, 3.63) is 57.3 Å². The molecule has 1 N–H and O–H groups in total. The molecule has 0 radical (unpaired) electrons. The van der Waals surface area contributed by atoms with Gasteiger partial charge >= 0.3 is 0 Å². The van der Waals surface area contributed by atoms with Gasteiger partial charge in [0.15, 0.2) is 0 Å². The summed E-state index contributed by atoms with van der Waals surface area (Å²) in [4.78, 5) is 28.6. The Labute approximate surface area is 196 Å². The maximum absolute atomic E-state index is 15.1. The van der Waals surface area contributed by atoms with Crippen LogP contribution in [-0.4, -0.2) is 36.9 Å². The normalized spacial score (nSPS) is 23.1. The van der Waals surface area contributed by atoms with Crippen LogP contribution in [0.5, 0.6) is 0 Å². The molecular weight excluding hydrogens is 452 g/mol. The van der Waals surface area contributed by atoms with E-state index in [0.29, 0.717) is 19.4 Å². The number of amides is 2. The van der Waals surface area contributed by atoms with Crippen molar-refractivity contribution in [2.24, 2.45) is 0 Å². The Morgan fingerprint density at radius 3 is 2.62 bits per heavy atom. The van der Waals surface area contributed by atoms with Gasteiger partial charge in [-0.05, 0) is 49.1 Å². The van der Waals surface area contributed by atoms with Crippen LogP contribution in [0.3, 0.4) is 0 Å². The molecule has 0 bridgehead atoms. The number of rotatable bonds is 4. The molecule has 1 saturated carbocycles. The van der Waals surface area contributed by atoms with Crippen LogP contribution in [0.2, 0.25) is 10.0 Å². The molecule has 0 aromatic heterocycles. The number of benzene rings is 2. The van der Waals surface area contributed by atoms with Gasteiger partial charge in [-0.2, -0.15) is 0 Å². The van der Waals surface area contributed by atoms with E-state index >= 15 is 4.39 Å². The zero-order valence-corrected chi connectivity index (χ0v) is 19.5. The van der Waals surface area contributed by atoms with Gasteiger partial charge in [0, 0.05) is 43.5 Å². The van der Waals surface area contributed by atoms with E-state index in [9.17, 15) is 9.59 Å². The summed E-state index contributed by atoms with van der Waals surface area (Å²) in [5, 5.41) is 3.90. The van der Waals surface area contributed by atoms with E-state index in [0.717, 1.165) is 29.8 Å². The van der Waals surface area contributed by atoms with E-state index in [2.05, 4.69) is 5.32 Å². The van der Waals surface area contributed by atoms with Crippen molar-refractivity contribution in [1.82, 2.24) is 4.90 Å². The quantitative estimate of drug-likeness (QED) is 0.626. The molecule has 1 spiro atoms. The molecule has 1 saturated heterocycles. The van der Waals surface area contributed by atoms with E-state index < -0.39 is 11.4 Å². The second-order valence-electron chi connectivity index (χ2n) is 9.02. The van der Waals surface area contributed by atoms with E-state index in [4.69, 9.17) is 23.2 Å². The summed E-state index contributed by atoms with van der Waals surface area (Å²) < 4.78 is 15.1. The first-order valence-corrected chi connectivity index (χ1v) is 11.6. The third kappa shape index (κ3) is 3.03. The van der Waals surface area contributed by atoms with Crippen molar-refractivity contribution in [3.8, 4) is 0 Å². The Bertz CT molecular complexity index is 1150. The molecule has 2 aliphatic heterocycles. The van der Waals surface area contributed by atoms with Crippen LogP contribution in [0.25, 0.3) is 0 Å². The summed E-state index contributed by atoms with van der Waals surface area (Å²) in [5.74, 6) is -0.339. The molecule has 168 valence electrons. The Balaban J connectivity index is 1.58. The Kier molecular flexibility index (Phi) is 4.95. The minimum Gasteiger partial charge on any atom is -0.373 e. The summed E-state index contributed by atoms with van der Waals surface area (Å²) in [7, 11) is 1.79. The highest BCUT2D eigenvalue weighted by atomic mass is 35.5. The van der Waals surface area contributed by atoms with Gasteiger partial charge in [0.25, 0.3) is 0 Å². The number of hydrogen-bond acceptors (Lipinski definition) is 3. The Morgan fingerprint density at radius 1 is 1.19 bits per heavy atom. The van der Waals surface area contributed by atoms with Crippen molar-refractivity contribution >= 4 is 46.4 Å². The molecule has 2 aromatic carbocycles. The number of carbonyl (C=O) groups excluding carboxylic acids is 2. The molecule has 0 unspecified atom stereocenters. The van der Waals surface area contributed by atoms with E-state index in [-0.39, 0.29) is 39.4 Å². The van der Waals surface area contributed by atoms with Crippen molar-refractivity contribution in [2.75, 3.05) is 30.4 Å². The summed E-state index contributed by atoms with van der Waals surface area (Å²) in [6.45, 7) is 2.56. The number of nitrogens with zero attached hydrogens (tertiary/aromatic N) is 2. The fourth-order valence-corrected chi connectivity index (χ4v) is 5.79. The lowest BCUT2D eigenvalue weighted by molar-refractivity contribution is -0.130. The summed E-state index contributed by atoms with van der Waals surface area (Å²) in [6.07, 6.45) is 2.59. The SMILES string of the molecule is CCC(=O)N1CC[C@](Nc2ccc3c(c2)N(C)C(=O)C32CC2)(c2c(F)ccc(Cl)c2Cl)C1. The number of fused-ring (bicyclic) bond motifs is 2. The first-order valence-electron chi connectivity index (χ1n) is 10.8. The first-order chi connectivity index (χ1) is 15.2. The molecule has 2 amide bonds. The van der Waals surface area contributed by atoms with Gasteiger partial charge in [-0.3, -0.25) is 9.59 Å². The van der Waals surface area contributed by atoms with Crippen LogP contribution in [-0.2, 0) is 20.5 Å². The highest BCUT2D eigenvalue weighted by Crippen LogP contribution is 2.57. The average Bonchev–Trinajstić information content (AvgIpc) is 3.44. The number of hydrogen-bond donors (Lipinski definition) is 1. The monoisotopic (exact) mass is 475 g/mol. The number of likely N-dealkylation sites (tertiary alicyclic amines) is 1. The molecule has 8 heteroatoms. The van der Waals surface area contributed by atoms with Crippen LogP contribution in [0.15, 0.2) is 30.3 Å². The van der Waals surface area contributed by atoms with Gasteiger partial charge < -0.3 is 15.1 Å². The minimum atomic E-state index is -0.941. The summed E-state index contributed by atoms with van der Waals surface area (Å²) >= 11 is 12.8. The smallest absolute Gasteiger partial charge is 0.237 e. The largest absolute Gasteiger partial charge is 0.373 e. The molecule has 5 rings (SSSR count). The molecule has 2 fully saturated rings. The predicted octanol–water partition coefficient (Wildman–Crippen LogP) is 5.09. The van der Waals surface area contributed by atoms with Gasteiger partial charge in [0.2, 0.25) is 11.8 Å². The minimum absolute atomic E-state index is 0.00203. The van der Waals surface area contributed by atoms with Gasteiger partial charge in [-0.1, -0.05) is 36.2 Å². The van der Waals surface area contributed by atoms with Crippen LogP contribution >= 0.6 is 23.2 Å². The van der Waals surface area contributed by atoms with Crippen LogP contribution in [0.1, 0.15) is 43.7 Å². The second-order valence-corrected chi connectivity index (χ2v) is 9.81. The number of anilines is 2. The molecule has 5 nitrogen and oxygen atoms in total. The lowest BCUT2D eigenvalue weighted by Crippen LogP contribution is -2.41. The fraction of sp³-hybridized carbons (Fsp3) is 0.417. The number of nitrogens with one attached hydrogen (secondary N) is 1. The third-order valence-electron chi connectivity index (χ3n) is 7.17. The number of likely N-dealkylation sites (N-methyl/N-ethyl adjacent to an activating group) is 1.